The Bertz CT molecular complexity index is 288. The Hall–Kier alpha value is -0.450. The summed E-state index contributed by atoms with van der Waals surface area (Å²) in [5, 5.41) is 15.9. The number of nitrogens with one attached hydrogen (secondary N) is 1. The number of aryl methyl sites for hydroxylation is 1. The molecule has 1 heterocycles. The van der Waals surface area contributed by atoms with E-state index in [1.165, 1.54) is 0 Å². The predicted octanol–water partition coefficient (Wildman–Crippen LogP) is 2.26. The highest BCUT2D eigenvalue weighted by Gasteiger charge is 2.08. The summed E-state index contributed by atoms with van der Waals surface area (Å²) in [4.78, 5) is 4.42. The number of thiazole rings is 1. The first-order chi connectivity index (χ1) is 7.13. The minimum absolute atomic E-state index is 0.179. The average Bonchev–Trinajstić information content (AvgIpc) is 2.64. The third kappa shape index (κ3) is 4.28. The second-order valence-corrected chi connectivity index (χ2v) is 4.88. The van der Waals surface area contributed by atoms with E-state index in [9.17, 15) is 5.11 Å². The lowest BCUT2D eigenvalue weighted by molar-refractivity contribution is 0.158. The highest BCUT2D eigenvalue weighted by atomic mass is 32.1. The Morgan fingerprint density at radius 2 is 2.33 bits per heavy atom. The lowest BCUT2D eigenvalue weighted by atomic mass is 10.2. The van der Waals surface area contributed by atoms with Crippen molar-refractivity contribution < 1.29 is 5.11 Å². The molecule has 2 unspecified atom stereocenters. The van der Waals surface area contributed by atoms with E-state index in [0.29, 0.717) is 0 Å². The molecule has 1 rings (SSSR count). The Kier molecular flexibility index (Phi) is 5.22. The number of aliphatic hydroxyl groups is 1. The lowest BCUT2D eigenvalue weighted by Gasteiger charge is -2.13. The van der Waals surface area contributed by atoms with E-state index in [4.69, 9.17) is 0 Å². The summed E-state index contributed by atoms with van der Waals surface area (Å²) in [5.41, 5.74) is 1.10. The molecule has 0 amide bonds. The molecular weight excluding hydrogens is 208 g/mol. The van der Waals surface area contributed by atoms with Crippen LogP contribution in [0.15, 0.2) is 5.38 Å². The quantitative estimate of drug-likeness (QED) is 0.785. The zero-order valence-corrected chi connectivity index (χ0v) is 10.5. The number of aromatic nitrogens is 1. The third-order valence-electron chi connectivity index (χ3n) is 2.48. The molecular formula is C11H20N2OS. The first-order valence-electron chi connectivity index (χ1n) is 5.47. The molecule has 2 N–H and O–H groups in total. The molecule has 15 heavy (non-hydrogen) atoms. The normalized spacial score (nSPS) is 15.2. The van der Waals surface area contributed by atoms with Gasteiger partial charge in [0.05, 0.1) is 16.8 Å². The van der Waals surface area contributed by atoms with Crippen LogP contribution in [0.1, 0.15) is 43.4 Å². The molecule has 0 bridgehead atoms. The number of hydrogen-bond acceptors (Lipinski definition) is 4. The van der Waals surface area contributed by atoms with Crippen molar-refractivity contribution in [1.29, 1.82) is 0 Å². The summed E-state index contributed by atoms with van der Waals surface area (Å²) in [6, 6.07) is 0.277. The molecule has 0 fully saturated rings. The van der Waals surface area contributed by atoms with Crippen LogP contribution >= 0.6 is 11.3 Å². The van der Waals surface area contributed by atoms with Gasteiger partial charge in [0.15, 0.2) is 0 Å². The summed E-state index contributed by atoms with van der Waals surface area (Å²) in [5.74, 6) is 0. The molecule has 0 aromatic carbocycles. The highest BCUT2D eigenvalue weighted by molar-refractivity contribution is 7.09. The van der Waals surface area contributed by atoms with Gasteiger partial charge in [0.1, 0.15) is 0 Å². The Morgan fingerprint density at radius 3 is 2.87 bits per heavy atom. The van der Waals surface area contributed by atoms with Gasteiger partial charge in [0.2, 0.25) is 0 Å². The van der Waals surface area contributed by atoms with E-state index >= 15 is 0 Å². The van der Waals surface area contributed by atoms with Gasteiger partial charge in [-0.15, -0.1) is 11.3 Å². The molecule has 4 heteroatoms. The van der Waals surface area contributed by atoms with Crippen molar-refractivity contribution in [3.05, 3.63) is 16.1 Å². The fourth-order valence-corrected chi connectivity index (χ4v) is 2.06. The van der Waals surface area contributed by atoms with Crippen LogP contribution in [0.2, 0.25) is 0 Å². The van der Waals surface area contributed by atoms with Gasteiger partial charge in [-0.3, -0.25) is 0 Å². The van der Waals surface area contributed by atoms with Crippen molar-refractivity contribution in [2.75, 3.05) is 6.54 Å². The Balaban J connectivity index is 2.27. The first-order valence-corrected chi connectivity index (χ1v) is 6.35. The molecule has 1 aromatic rings. The van der Waals surface area contributed by atoms with Gasteiger partial charge in [-0.2, -0.15) is 0 Å². The van der Waals surface area contributed by atoms with Crippen LogP contribution in [0, 0.1) is 6.92 Å². The predicted molar refractivity (Wildman–Crippen MR) is 64.2 cm³/mol. The van der Waals surface area contributed by atoms with Crippen molar-refractivity contribution in [3.8, 4) is 0 Å². The third-order valence-corrected chi connectivity index (χ3v) is 3.27. The van der Waals surface area contributed by atoms with Crippen molar-refractivity contribution in [3.63, 3.8) is 0 Å². The molecule has 3 nitrogen and oxygen atoms in total. The van der Waals surface area contributed by atoms with Crippen LogP contribution in [0.3, 0.4) is 0 Å². The van der Waals surface area contributed by atoms with Gasteiger partial charge in [0, 0.05) is 11.4 Å². The van der Waals surface area contributed by atoms with E-state index in [0.717, 1.165) is 30.1 Å². The van der Waals surface area contributed by atoms with Crippen LogP contribution in [-0.2, 0) is 0 Å². The highest BCUT2D eigenvalue weighted by Crippen LogP contribution is 2.15. The minimum atomic E-state index is -0.179. The standard InChI is InChI=1S/C11H20N2OS/c1-4-10(14)5-6-12-8(2)11-7-15-9(3)13-11/h7-8,10,12,14H,4-6H2,1-3H3. The molecule has 0 aliphatic heterocycles. The van der Waals surface area contributed by atoms with Crippen molar-refractivity contribution >= 4 is 11.3 Å². The average molecular weight is 228 g/mol. The maximum atomic E-state index is 9.39. The molecule has 0 aliphatic rings. The van der Waals surface area contributed by atoms with Crippen LogP contribution in [-0.4, -0.2) is 22.7 Å². The summed E-state index contributed by atoms with van der Waals surface area (Å²) in [6.45, 7) is 6.96. The Labute approximate surface area is 95.6 Å². The molecule has 0 spiro atoms. The zero-order chi connectivity index (χ0) is 11.3. The first kappa shape index (κ1) is 12.6. The molecule has 2 atom stereocenters. The minimum Gasteiger partial charge on any atom is -0.393 e. The molecule has 0 saturated heterocycles. The van der Waals surface area contributed by atoms with E-state index in [1.807, 2.05) is 13.8 Å². The van der Waals surface area contributed by atoms with E-state index in [1.54, 1.807) is 11.3 Å². The smallest absolute Gasteiger partial charge is 0.0898 e. The number of rotatable bonds is 6. The van der Waals surface area contributed by atoms with Gasteiger partial charge in [-0.25, -0.2) is 4.98 Å². The second kappa shape index (κ2) is 6.20. The largest absolute Gasteiger partial charge is 0.393 e. The van der Waals surface area contributed by atoms with Gasteiger partial charge < -0.3 is 10.4 Å². The fourth-order valence-electron chi connectivity index (χ4n) is 1.35. The van der Waals surface area contributed by atoms with Gasteiger partial charge in [0.25, 0.3) is 0 Å². The van der Waals surface area contributed by atoms with Gasteiger partial charge in [-0.1, -0.05) is 6.92 Å². The van der Waals surface area contributed by atoms with Crippen molar-refractivity contribution in [1.82, 2.24) is 10.3 Å². The SMILES string of the molecule is CCC(O)CCNC(C)c1csc(C)n1. The summed E-state index contributed by atoms with van der Waals surface area (Å²) in [6.07, 6.45) is 1.46. The Morgan fingerprint density at radius 1 is 1.60 bits per heavy atom. The van der Waals surface area contributed by atoms with Crippen LogP contribution < -0.4 is 5.32 Å². The van der Waals surface area contributed by atoms with E-state index < -0.39 is 0 Å². The molecule has 0 aliphatic carbocycles. The monoisotopic (exact) mass is 228 g/mol. The number of hydrogen-bond donors (Lipinski definition) is 2. The summed E-state index contributed by atoms with van der Waals surface area (Å²) < 4.78 is 0. The molecule has 0 saturated carbocycles. The maximum Gasteiger partial charge on any atom is 0.0898 e. The lowest BCUT2D eigenvalue weighted by Crippen LogP contribution is -2.23. The van der Waals surface area contributed by atoms with E-state index in [-0.39, 0.29) is 12.1 Å². The molecule has 86 valence electrons. The van der Waals surface area contributed by atoms with Crippen molar-refractivity contribution in [2.24, 2.45) is 0 Å². The fraction of sp³-hybridized carbons (Fsp3) is 0.727. The topological polar surface area (TPSA) is 45.1 Å². The zero-order valence-electron chi connectivity index (χ0n) is 9.66. The number of nitrogens with zero attached hydrogens (tertiary/aromatic N) is 1. The maximum absolute atomic E-state index is 9.39. The van der Waals surface area contributed by atoms with Gasteiger partial charge >= 0.3 is 0 Å². The summed E-state index contributed by atoms with van der Waals surface area (Å²) in [7, 11) is 0. The van der Waals surface area contributed by atoms with E-state index in [2.05, 4.69) is 22.6 Å². The van der Waals surface area contributed by atoms with Gasteiger partial charge in [-0.05, 0) is 33.2 Å². The molecule has 1 aromatic heterocycles. The van der Waals surface area contributed by atoms with Crippen LogP contribution in [0.25, 0.3) is 0 Å². The van der Waals surface area contributed by atoms with Crippen LogP contribution in [0.5, 0.6) is 0 Å². The molecule has 0 radical (unpaired) electrons. The summed E-state index contributed by atoms with van der Waals surface area (Å²) >= 11 is 1.68. The number of aliphatic hydroxyl groups excluding tert-OH is 1. The second-order valence-electron chi connectivity index (χ2n) is 3.82. The van der Waals surface area contributed by atoms with Crippen LogP contribution in [0.4, 0.5) is 0 Å². The van der Waals surface area contributed by atoms with Crippen molar-refractivity contribution in [2.45, 2.75) is 45.8 Å².